The molecule has 7 nitrogen and oxygen atoms in total. The lowest BCUT2D eigenvalue weighted by Crippen LogP contribution is -1.95. The molecule has 0 fully saturated rings. The normalized spacial score (nSPS) is 11.1. The summed E-state index contributed by atoms with van der Waals surface area (Å²) < 4.78 is 25.9. The predicted molar refractivity (Wildman–Crippen MR) is 111 cm³/mol. The van der Waals surface area contributed by atoms with Gasteiger partial charge in [0.25, 0.3) is 0 Å². The summed E-state index contributed by atoms with van der Waals surface area (Å²) in [5, 5.41) is 3.53. The summed E-state index contributed by atoms with van der Waals surface area (Å²) >= 11 is 0. The molecule has 6 aromatic rings. The number of hydrogen-bond donors (Lipinski definition) is 0. The van der Waals surface area contributed by atoms with E-state index in [9.17, 15) is 9.59 Å². The quantitative estimate of drug-likeness (QED) is 0.354. The molecule has 0 atom stereocenters. The maximum atomic E-state index is 11.1. The van der Waals surface area contributed by atoms with E-state index >= 15 is 0 Å². The molecule has 2 aromatic carbocycles. The van der Waals surface area contributed by atoms with Gasteiger partial charge in [-0.3, -0.25) is 0 Å². The molecule has 0 aliphatic rings. The number of benzene rings is 2. The Hall–Kier alpha value is -4.26. The number of hydrogen-bond acceptors (Lipinski definition) is 7. The molecule has 4 heterocycles. The van der Waals surface area contributed by atoms with Crippen molar-refractivity contribution in [3.63, 3.8) is 0 Å². The third-order valence-electron chi connectivity index (χ3n) is 4.71. The fourth-order valence-electron chi connectivity index (χ4n) is 3.36. The van der Waals surface area contributed by atoms with Crippen LogP contribution in [0, 0.1) is 0 Å². The van der Waals surface area contributed by atoms with Crippen LogP contribution in [-0.4, -0.2) is 7.11 Å². The van der Waals surface area contributed by atoms with Gasteiger partial charge in [-0.15, -0.1) is 0 Å². The first-order chi connectivity index (χ1) is 14.6. The largest absolute Gasteiger partial charge is 0.495 e. The van der Waals surface area contributed by atoms with Crippen molar-refractivity contribution in [1.82, 2.24) is 0 Å². The highest BCUT2D eigenvalue weighted by Gasteiger charge is 2.11. The molecule has 0 spiro atoms. The third kappa shape index (κ3) is 3.02. The summed E-state index contributed by atoms with van der Waals surface area (Å²) in [7, 11) is 1.58. The van der Waals surface area contributed by atoms with Gasteiger partial charge in [0.15, 0.2) is 0 Å². The maximum Gasteiger partial charge on any atom is 0.336 e. The van der Waals surface area contributed by atoms with Crippen LogP contribution in [-0.2, 0) is 0 Å². The fraction of sp³-hybridized carbons (Fsp3) is 0.0435. The molecular weight excluding hydrogens is 388 g/mol. The number of rotatable bonds is 1. The zero-order chi connectivity index (χ0) is 20.7. The van der Waals surface area contributed by atoms with Crippen molar-refractivity contribution in [2.75, 3.05) is 7.11 Å². The van der Waals surface area contributed by atoms with Crippen LogP contribution in [0.5, 0.6) is 5.75 Å². The van der Waals surface area contributed by atoms with Crippen LogP contribution in [0.4, 0.5) is 0 Å². The minimum Gasteiger partial charge on any atom is -0.495 e. The molecule has 0 aliphatic carbocycles. The van der Waals surface area contributed by atoms with Crippen molar-refractivity contribution >= 4 is 43.9 Å². The summed E-state index contributed by atoms with van der Waals surface area (Å²) in [6, 6.07) is 15.3. The highest BCUT2D eigenvalue weighted by Crippen LogP contribution is 2.34. The molecule has 0 saturated carbocycles. The predicted octanol–water partition coefficient (Wildman–Crippen LogP) is 5.09. The lowest BCUT2D eigenvalue weighted by molar-refractivity contribution is 0.423. The molecule has 0 bridgehead atoms. The Morgan fingerprint density at radius 1 is 0.633 bits per heavy atom. The van der Waals surface area contributed by atoms with E-state index < -0.39 is 0 Å². The van der Waals surface area contributed by atoms with E-state index in [4.69, 9.17) is 22.4 Å². The van der Waals surface area contributed by atoms with Crippen LogP contribution in [0.15, 0.2) is 94.4 Å². The van der Waals surface area contributed by atoms with Gasteiger partial charge in [0.2, 0.25) is 0 Å². The first kappa shape index (κ1) is 17.8. The first-order valence-electron chi connectivity index (χ1n) is 9.01. The Labute approximate surface area is 167 Å². The van der Waals surface area contributed by atoms with Gasteiger partial charge in [-0.2, -0.15) is 0 Å². The molecular formula is C23H14O7. The van der Waals surface area contributed by atoms with Gasteiger partial charge >= 0.3 is 11.3 Å². The highest BCUT2D eigenvalue weighted by atomic mass is 16.5. The molecule has 4 aromatic heterocycles. The Morgan fingerprint density at radius 2 is 1.27 bits per heavy atom. The lowest BCUT2D eigenvalue weighted by atomic mass is 10.1. The molecule has 7 heteroatoms. The van der Waals surface area contributed by atoms with Gasteiger partial charge < -0.3 is 22.4 Å². The van der Waals surface area contributed by atoms with Crippen LogP contribution >= 0.6 is 0 Å². The molecule has 148 valence electrons. The van der Waals surface area contributed by atoms with Gasteiger partial charge in [-0.05, 0) is 30.3 Å². The van der Waals surface area contributed by atoms with Gasteiger partial charge in [-0.1, -0.05) is 0 Å². The zero-order valence-electron chi connectivity index (χ0n) is 15.7. The summed E-state index contributed by atoms with van der Waals surface area (Å²) in [6.45, 7) is 0. The Bertz CT molecular complexity index is 1630. The number of ether oxygens (including phenoxy) is 1. The highest BCUT2D eigenvalue weighted by molar-refractivity contribution is 6.01. The van der Waals surface area contributed by atoms with E-state index in [2.05, 4.69) is 0 Å². The Kier molecular flexibility index (Phi) is 4.14. The van der Waals surface area contributed by atoms with E-state index in [1.807, 2.05) is 18.2 Å². The fourth-order valence-corrected chi connectivity index (χ4v) is 3.36. The molecule has 0 radical (unpaired) electrons. The Balaban J connectivity index is 0.000000130. The van der Waals surface area contributed by atoms with E-state index in [0.29, 0.717) is 22.5 Å². The smallest absolute Gasteiger partial charge is 0.336 e. The van der Waals surface area contributed by atoms with Crippen molar-refractivity contribution < 1.29 is 22.4 Å². The van der Waals surface area contributed by atoms with Crippen molar-refractivity contribution in [2.24, 2.45) is 0 Å². The van der Waals surface area contributed by atoms with Gasteiger partial charge in [0.1, 0.15) is 28.1 Å². The molecule has 0 aliphatic heterocycles. The summed E-state index contributed by atoms with van der Waals surface area (Å²) in [5.74, 6) is 0.657. The summed E-state index contributed by atoms with van der Waals surface area (Å²) in [4.78, 5) is 22.1. The monoisotopic (exact) mass is 402 g/mol. The Morgan fingerprint density at radius 3 is 2.10 bits per heavy atom. The molecule has 6 rings (SSSR count). The van der Waals surface area contributed by atoms with Crippen molar-refractivity contribution in [1.29, 1.82) is 0 Å². The summed E-state index contributed by atoms with van der Waals surface area (Å²) in [5.41, 5.74) is 1.65. The van der Waals surface area contributed by atoms with Crippen LogP contribution in [0.2, 0.25) is 0 Å². The minimum absolute atomic E-state index is 0.344. The average molecular weight is 402 g/mol. The average Bonchev–Trinajstić information content (AvgIpc) is 3.39. The van der Waals surface area contributed by atoms with Crippen molar-refractivity contribution in [2.45, 2.75) is 0 Å². The molecule has 0 N–H and O–H groups in total. The third-order valence-corrected chi connectivity index (χ3v) is 4.71. The first-order valence-corrected chi connectivity index (χ1v) is 9.01. The lowest BCUT2D eigenvalue weighted by Gasteiger charge is -2.04. The van der Waals surface area contributed by atoms with Crippen LogP contribution in [0.3, 0.4) is 0 Å². The SMILES string of the molecule is COc1c2ccoc2cc2oc(=O)ccc12.O=c1ccc2cc3ccoc3cc2o1. The maximum absolute atomic E-state index is 11.1. The minimum atomic E-state index is -0.388. The number of methoxy groups -OCH3 is 1. The van der Waals surface area contributed by atoms with Crippen LogP contribution < -0.4 is 16.0 Å². The second-order valence-corrected chi connectivity index (χ2v) is 6.51. The van der Waals surface area contributed by atoms with Gasteiger partial charge in [0, 0.05) is 35.0 Å². The van der Waals surface area contributed by atoms with Gasteiger partial charge in [0.05, 0.1) is 30.4 Å². The van der Waals surface area contributed by atoms with E-state index in [1.54, 1.807) is 43.9 Å². The van der Waals surface area contributed by atoms with E-state index in [0.717, 1.165) is 27.1 Å². The number of fused-ring (bicyclic) bond motifs is 4. The van der Waals surface area contributed by atoms with Gasteiger partial charge in [-0.25, -0.2) is 9.59 Å². The second-order valence-electron chi connectivity index (χ2n) is 6.51. The van der Waals surface area contributed by atoms with E-state index in [1.165, 1.54) is 12.1 Å². The van der Waals surface area contributed by atoms with Crippen molar-refractivity contribution in [3.8, 4) is 5.75 Å². The second kappa shape index (κ2) is 6.97. The van der Waals surface area contributed by atoms with E-state index in [-0.39, 0.29) is 11.3 Å². The standard InChI is InChI=1S/C12H8O4.C11H6O3/c1-14-12-7-2-3-11(13)16-10(7)6-9-8(12)4-5-15-9;12-11-2-1-7-5-8-3-4-13-9(8)6-10(7)14-11/h2-6H,1H3;1-6H. The number of furan rings is 2. The molecule has 0 unspecified atom stereocenters. The molecule has 30 heavy (non-hydrogen) atoms. The van der Waals surface area contributed by atoms with Crippen molar-refractivity contribution in [3.05, 3.63) is 88.0 Å². The van der Waals surface area contributed by atoms with Crippen LogP contribution in [0.1, 0.15) is 0 Å². The zero-order valence-corrected chi connectivity index (χ0v) is 15.7. The molecule has 0 saturated heterocycles. The topological polar surface area (TPSA) is 95.9 Å². The van der Waals surface area contributed by atoms with Crippen LogP contribution in [0.25, 0.3) is 43.9 Å². The molecule has 0 amide bonds. The summed E-state index contributed by atoms with van der Waals surface area (Å²) in [6.07, 6.45) is 3.19.